The summed E-state index contributed by atoms with van der Waals surface area (Å²) < 4.78 is 16.0. The van der Waals surface area contributed by atoms with Gasteiger partial charge in [-0.05, 0) is 29.8 Å². The molecule has 0 N–H and O–H groups in total. The molecule has 0 aliphatic rings. The van der Waals surface area contributed by atoms with Crippen molar-refractivity contribution >= 4 is 17.8 Å². The highest BCUT2D eigenvalue weighted by Gasteiger charge is 2.14. The molecular formula is C17H17NO5. The third-order valence-electron chi connectivity index (χ3n) is 3.29. The van der Waals surface area contributed by atoms with Crippen molar-refractivity contribution in [3.8, 4) is 17.2 Å². The van der Waals surface area contributed by atoms with Crippen molar-refractivity contribution in [3.63, 3.8) is 0 Å². The van der Waals surface area contributed by atoms with E-state index in [1.165, 1.54) is 12.1 Å². The van der Waals surface area contributed by atoms with E-state index in [1.54, 1.807) is 39.5 Å². The van der Waals surface area contributed by atoms with Crippen LogP contribution in [0.4, 0.5) is 5.69 Å². The van der Waals surface area contributed by atoms with E-state index >= 15 is 0 Å². The Labute approximate surface area is 134 Å². The molecule has 0 saturated carbocycles. The summed E-state index contributed by atoms with van der Waals surface area (Å²) in [5, 5.41) is 10.7. The lowest BCUT2D eigenvalue weighted by molar-refractivity contribution is -0.384. The molecule has 0 fully saturated rings. The topological polar surface area (TPSA) is 70.8 Å². The molecule has 6 heteroatoms. The standard InChI is InChI=1S/C17H17NO5/c1-21-15-11-8-13(16(22-2)17(15)23-3)7-4-12-5-9-14(10-6-12)18(19)20/h4-11H,1-3H3. The van der Waals surface area contributed by atoms with Gasteiger partial charge in [0.1, 0.15) is 0 Å². The number of benzene rings is 2. The third-order valence-corrected chi connectivity index (χ3v) is 3.29. The molecule has 0 atom stereocenters. The van der Waals surface area contributed by atoms with E-state index in [0.717, 1.165) is 11.1 Å². The van der Waals surface area contributed by atoms with Crippen molar-refractivity contribution in [2.45, 2.75) is 0 Å². The molecule has 0 bridgehead atoms. The zero-order chi connectivity index (χ0) is 16.8. The lowest BCUT2D eigenvalue weighted by Gasteiger charge is -2.14. The summed E-state index contributed by atoms with van der Waals surface area (Å²) in [7, 11) is 4.66. The number of nitro groups is 1. The van der Waals surface area contributed by atoms with Crippen LogP contribution in [0.15, 0.2) is 36.4 Å². The first kappa shape index (κ1) is 16.4. The quantitative estimate of drug-likeness (QED) is 0.461. The van der Waals surface area contributed by atoms with E-state index in [2.05, 4.69) is 0 Å². The second-order valence-corrected chi connectivity index (χ2v) is 4.61. The third kappa shape index (κ3) is 3.60. The molecule has 0 aliphatic heterocycles. The van der Waals surface area contributed by atoms with Gasteiger partial charge in [-0.3, -0.25) is 10.1 Å². The molecule has 0 aromatic heterocycles. The van der Waals surface area contributed by atoms with Crippen LogP contribution < -0.4 is 14.2 Å². The van der Waals surface area contributed by atoms with Crippen LogP contribution in [0, 0.1) is 10.1 Å². The number of methoxy groups -OCH3 is 3. The SMILES string of the molecule is COc1ccc(C=Cc2ccc([N+](=O)[O-])cc2)c(OC)c1OC. The number of non-ortho nitro benzene ring substituents is 1. The van der Waals surface area contributed by atoms with Crippen LogP contribution >= 0.6 is 0 Å². The fraction of sp³-hybridized carbons (Fsp3) is 0.176. The van der Waals surface area contributed by atoms with Gasteiger partial charge < -0.3 is 14.2 Å². The molecule has 2 aromatic rings. The molecule has 0 heterocycles. The maximum atomic E-state index is 10.7. The van der Waals surface area contributed by atoms with Crippen LogP contribution in [0.1, 0.15) is 11.1 Å². The number of rotatable bonds is 6. The summed E-state index contributed by atoms with van der Waals surface area (Å²) in [6.45, 7) is 0. The largest absolute Gasteiger partial charge is 0.493 e. The smallest absolute Gasteiger partial charge is 0.269 e. The minimum atomic E-state index is -0.426. The number of nitro benzene ring substituents is 1. The van der Waals surface area contributed by atoms with E-state index in [-0.39, 0.29) is 5.69 Å². The van der Waals surface area contributed by atoms with Gasteiger partial charge in [-0.15, -0.1) is 0 Å². The fourth-order valence-electron chi connectivity index (χ4n) is 2.15. The van der Waals surface area contributed by atoms with E-state index in [9.17, 15) is 10.1 Å². The van der Waals surface area contributed by atoms with Crippen molar-refractivity contribution in [1.29, 1.82) is 0 Å². The van der Waals surface area contributed by atoms with Gasteiger partial charge in [0.2, 0.25) is 5.75 Å². The Morgan fingerprint density at radius 3 is 2.04 bits per heavy atom. The predicted octanol–water partition coefficient (Wildman–Crippen LogP) is 3.79. The summed E-state index contributed by atoms with van der Waals surface area (Å²) in [6, 6.07) is 9.93. The van der Waals surface area contributed by atoms with Crippen molar-refractivity contribution in [2.75, 3.05) is 21.3 Å². The molecule has 0 saturated heterocycles. The molecule has 2 rings (SSSR count). The zero-order valence-corrected chi connectivity index (χ0v) is 13.1. The monoisotopic (exact) mass is 315 g/mol. The lowest BCUT2D eigenvalue weighted by Crippen LogP contribution is -1.96. The highest BCUT2D eigenvalue weighted by molar-refractivity contribution is 5.76. The van der Waals surface area contributed by atoms with Crippen LogP contribution in [-0.4, -0.2) is 26.3 Å². The molecule has 120 valence electrons. The normalized spacial score (nSPS) is 10.6. The van der Waals surface area contributed by atoms with Crippen molar-refractivity contribution in [2.24, 2.45) is 0 Å². The molecule has 0 amide bonds. The van der Waals surface area contributed by atoms with E-state index < -0.39 is 4.92 Å². The highest BCUT2D eigenvalue weighted by atomic mass is 16.6. The Morgan fingerprint density at radius 2 is 1.52 bits per heavy atom. The number of nitrogens with zero attached hydrogens (tertiary/aromatic N) is 1. The minimum absolute atomic E-state index is 0.0610. The van der Waals surface area contributed by atoms with E-state index in [1.807, 2.05) is 18.2 Å². The number of ether oxygens (including phenoxy) is 3. The highest BCUT2D eigenvalue weighted by Crippen LogP contribution is 2.40. The van der Waals surface area contributed by atoms with Gasteiger partial charge in [0.15, 0.2) is 11.5 Å². The Morgan fingerprint density at radius 1 is 0.870 bits per heavy atom. The van der Waals surface area contributed by atoms with Crippen LogP contribution in [0.25, 0.3) is 12.2 Å². The Kier molecular flexibility index (Phi) is 5.19. The molecule has 6 nitrogen and oxygen atoms in total. The lowest BCUT2D eigenvalue weighted by atomic mass is 10.1. The molecule has 2 aromatic carbocycles. The first-order chi connectivity index (χ1) is 11.1. The van der Waals surface area contributed by atoms with Gasteiger partial charge in [-0.1, -0.05) is 12.2 Å². The summed E-state index contributed by atoms with van der Waals surface area (Å²) in [6.07, 6.45) is 3.69. The number of hydrogen-bond donors (Lipinski definition) is 0. The molecule has 23 heavy (non-hydrogen) atoms. The van der Waals surface area contributed by atoms with Gasteiger partial charge in [0.05, 0.1) is 26.3 Å². The van der Waals surface area contributed by atoms with Gasteiger partial charge in [-0.25, -0.2) is 0 Å². The van der Waals surface area contributed by atoms with E-state index in [0.29, 0.717) is 17.2 Å². The maximum Gasteiger partial charge on any atom is 0.269 e. The average molecular weight is 315 g/mol. The van der Waals surface area contributed by atoms with Crippen molar-refractivity contribution in [1.82, 2.24) is 0 Å². The van der Waals surface area contributed by atoms with Crippen LogP contribution in [0.5, 0.6) is 17.2 Å². The fourth-order valence-corrected chi connectivity index (χ4v) is 2.15. The number of hydrogen-bond acceptors (Lipinski definition) is 5. The van der Waals surface area contributed by atoms with Crippen LogP contribution in [0.3, 0.4) is 0 Å². The van der Waals surface area contributed by atoms with Crippen LogP contribution in [0.2, 0.25) is 0 Å². The first-order valence-corrected chi connectivity index (χ1v) is 6.82. The molecular weight excluding hydrogens is 298 g/mol. The van der Waals surface area contributed by atoms with Crippen molar-refractivity contribution < 1.29 is 19.1 Å². The Bertz CT molecular complexity index is 723. The molecule has 0 aliphatic carbocycles. The molecule has 0 radical (unpaired) electrons. The Hall–Kier alpha value is -3.02. The summed E-state index contributed by atoms with van der Waals surface area (Å²) >= 11 is 0. The Balaban J connectivity index is 2.33. The average Bonchev–Trinajstić information content (AvgIpc) is 2.59. The van der Waals surface area contributed by atoms with Gasteiger partial charge in [0.25, 0.3) is 5.69 Å². The zero-order valence-electron chi connectivity index (χ0n) is 13.1. The molecule has 0 unspecified atom stereocenters. The van der Waals surface area contributed by atoms with Crippen molar-refractivity contribution in [3.05, 3.63) is 57.6 Å². The van der Waals surface area contributed by atoms with Gasteiger partial charge in [0, 0.05) is 17.7 Å². The minimum Gasteiger partial charge on any atom is -0.493 e. The van der Waals surface area contributed by atoms with Gasteiger partial charge >= 0.3 is 0 Å². The maximum absolute atomic E-state index is 10.7. The summed E-state index contributed by atoms with van der Waals surface area (Å²) in [5.41, 5.74) is 1.71. The van der Waals surface area contributed by atoms with E-state index in [4.69, 9.17) is 14.2 Å². The second kappa shape index (κ2) is 7.31. The second-order valence-electron chi connectivity index (χ2n) is 4.61. The van der Waals surface area contributed by atoms with Crippen LogP contribution in [-0.2, 0) is 0 Å². The summed E-state index contributed by atoms with van der Waals surface area (Å²) in [4.78, 5) is 10.2. The summed E-state index contributed by atoms with van der Waals surface area (Å²) in [5.74, 6) is 1.66. The first-order valence-electron chi connectivity index (χ1n) is 6.82. The molecule has 0 spiro atoms. The predicted molar refractivity (Wildman–Crippen MR) is 88.1 cm³/mol. The van der Waals surface area contributed by atoms with Gasteiger partial charge in [-0.2, -0.15) is 0 Å².